The summed E-state index contributed by atoms with van der Waals surface area (Å²) in [5.41, 5.74) is 1.47. The van der Waals surface area contributed by atoms with E-state index in [-0.39, 0.29) is 10.0 Å². The van der Waals surface area contributed by atoms with Crippen LogP contribution in [-0.4, -0.2) is 10.9 Å². The van der Waals surface area contributed by atoms with Crippen molar-refractivity contribution >= 4 is 39.1 Å². The summed E-state index contributed by atoms with van der Waals surface area (Å²) in [6, 6.07) is 5.97. The molecule has 1 aromatic carbocycles. The molecular formula is C13H9BrClFN2O. The molecule has 0 fully saturated rings. The molecule has 0 saturated heterocycles. The van der Waals surface area contributed by atoms with Gasteiger partial charge in [0.25, 0.3) is 5.91 Å². The Balaban J connectivity index is 2.26. The number of halogens is 3. The first-order chi connectivity index (χ1) is 8.99. The highest BCUT2D eigenvalue weighted by Crippen LogP contribution is 2.22. The first-order valence-electron chi connectivity index (χ1n) is 5.36. The zero-order valence-corrected chi connectivity index (χ0v) is 12.2. The maximum atomic E-state index is 13.3. The molecule has 0 atom stereocenters. The largest absolute Gasteiger partial charge is 0.321 e. The number of aryl methyl sites for hydroxylation is 1. The Bertz CT molecular complexity index is 649. The fourth-order valence-corrected chi connectivity index (χ4v) is 2.05. The lowest BCUT2D eigenvalue weighted by molar-refractivity contribution is 0.102. The lowest BCUT2D eigenvalue weighted by Crippen LogP contribution is -2.13. The minimum atomic E-state index is -0.488. The van der Waals surface area contributed by atoms with E-state index in [0.717, 1.165) is 5.56 Å². The molecule has 1 aromatic heterocycles. The summed E-state index contributed by atoms with van der Waals surface area (Å²) >= 11 is 8.85. The molecule has 6 heteroatoms. The van der Waals surface area contributed by atoms with Crippen LogP contribution < -0.4 is 5.32 Å². The zero-order chi connectivity index (χ0) is 14.0. The van der Waals surface area contributed by atoms with Crippen LogP contribution in [-0.2, 0) is 0 Å². The van der Waals surface area contributed by atoms with Crippen LogP contribution in [0.15, 0.2) is 34.9 Å². The second-order valence-corrected chi connectivity index (χ2v) is 5.04. The fraction of sp³-hybridized carbons (Fsp3) is 0.0769. The van der Waals surface area contributed by atoms with Crippen molar-refractivity contribution in [2.75, 3.05) is 5.32 Å². The van der Waals surface area contributed by atoms with Gasteiger partial charge in [0.15, 0.2) is 0 Å². The van der Waals surface area contributed by atoms with Gasteiger partial charge in [0.2, 0.25) is 0 Å². The van der Waals surface area contributed by atoms with Gasteiger partial charge in [-0.05, 0) is 46.6 Å². The van der Waals surface area contributed by atoms with Crippen molar-refractivity contribution in [1.82, 2.24) is 4.98 Å². The second kappa shape index (κ2) is 5.67. The average molecular weight is 344 g/mol. The van der Waals surface area contributed by atoms with Gasteiger partial charge in [0.1, 0.15) is 11.0 Å². The first-order valence-corrected chi connectivity index (χ1v) is 6.53. The normalized spacial score (nSPS) is 10.3. The monoisotopic (exact) mass is 342 g/mol. The minimum absolute atomic E-state index is 0.131. The van der Waals surface area contributed by atoms with Crippen molar-refractivity contribution < 1.29 is 9.18 Å². The van der Waals surface area contributed by atoms with Crippen LogP contribution in [0.4, 0.5) is 10.1 Å². The predicted molar refractivity (Wildman–Crippen MR) is 76.0 cm³/mol. The maximum absolute atomic E-state index is 13.3. The molecule has 0 unspecified atom stereocenters. The van der Waals surface area contributed by atoms with Gasteiger partial charge in [0.05, 0.1) is 21.9 Å². The smallest absolute Gasteiger partial charge is 0.256 e. The standard InChI is InChI=1S/C13H9BrClFN2O/c1-7-5-8(6-17-12(7)15)18-13(19)9-3-2-4-10(16)11(9)14/h2-6H,1H3,(H,18,19). The van der Waals surface area contributed by atoms with Gasteiger partial charge < -0.3 is 5.32 Å². The topological polar surface area (TPSA) is 42.0 Å². The molecular weight excluding hydrogens is 335 g/mol. The number of nitrogens with zero attached hydrogens (tertiary/aromatic N) is 1. The highest BCUT2D eigenvalue weighted by molar-refractivity contribution is 9.10. The van der Waals surface area contributed by atoms with E-state index in [1.165, 1.54) is 24.4 Å². The van der Waals surface area contributed by atoms with E-state index in [0.29, 0.717) is 10.8 Å². The lowest BCUT2D eigenvalue weighted by atomic mass is 10.2. The number of hydrogen-bond donors (Lipinski definition) is 1. The van der Waals surface area contributed by atoms with Crippen molar-refractivity contribution in [2.24, 2.45) is 0 Å². The van der Waals surface area contributed by atoms with Crippen LogP contribution in [0, 0.1) is 12.7 Å². The Morgan fingerprint density at radius 3 is 2.89 bits per heavy atom. The molecule has 0 radical (unpaired) electrons. The minimum Gasteiger partial charge on any atom is -0.321 e. The number of pyridine rings is 1. The van der Waals surface area contributed by atoms with E-state index in [9.17, 15) is 9.18 Å². The highest BCUT2D eigenvalue weighted by Gasteiger charge is 2.13. The second-order valence-electron chi connectivity index (χ2n) is 3.89. The van der Waals surface area contributed by atoms with Gasteiger partial charge in [-0.1, -0.05) is 17.7 Å². The number of benzene rings is 1. The summed E-state index contributed by atoms with van der Waals surface area (Å²) in [7, 11) is 0. The van der Waals surface area contributed by atoms with Crippen LogP contribution in [0.3, 0.4) is 0 Å². The van der Waals surface area contributed by atoms with Crippen LogP contribution in [0.2, 0.25) is 5.15 Å². The molecule has 2 aromatic rings. The number of nitrogens with one attached hydrogen (secondary N) is 1. The van der Waals surface area contributed by atoms with Gasteiger partial charge in [-0.25, -0.2) is 9.37 Å². The number of rotatable bonds is 2. The molecule has 0 aliphatic rings. The van der Waals surface area contributed by atoms with Gasteiger partial charge in [-0.3, -0.25) is 4.79 Å². The van der Waals surface area contributed by atoms with Crippen LogP contribution in [0.5, 0.6) is 0 Å². The van der Waals surface area contributed by atoms with E-state index >= 15 is 0 Å². The lowest BCUT2D eigenvalue weighted by Gasteiger charge is -2.08. The fourth-order valence-electron chi connectivity index (χ4n) is 1.50. The third-order valence-electron chi connectivity index (χ3n) is 2.47. The van der Waals surface area contributed by atoms with E-state index < -0.39 is 11.7 Å². The Kier molecular flexibility index (Phi) is 4.17. The molecule has 0 saturated carbocycles. The number of amides is 1. The number of hydrogen-bond acceptors (Lipinski definition) is 2. The third kappa shape index (κ3) is 3.11. The van der Waals surface area contributed by atoms with Crippen LogP contribution in [0.25, 0.3) is 0 Å². The molecule has 98 valence electrons. The quantitative estimate of drug-likeness (QED) is 0.831. The number of carbonyl (C=O) groups excluding carboxylic acids is 1. The van der Waals surface area contributed by atoms with Crippen LogP contribution >= 0.6 is 27.5 Å². The van der Waals surface area contributed by atoms with Crippen molar-refractivity contribution in [2.45, 2.75) is 6.92 Å². The Morgan fingerprint density at radius 1 is 1.47 bits per heavy atom. The zero-order valence-electron chi connectivity index (χ0n) is 9.88. The molecule has 0 bridgehead atoms. The summed E-state index contributed by atoms with van der Waals surface area (Å²) in [6.07, 6.45) is 1.44. The van der Waals surface area contributed by atoms with Crippen molar-refractivity contribution in [3.8, 4) is 0 Å². The number of anilines is 1. The Hall–Kier alpha value is -1.46. The molecule has 3 nitrogen and oxygen atoms in total. The van der Waals surface area contributed by atoms with Gasteiger partial charge in [-0.2, -0.15) is 0 Å². The molecule has 1 heterocycles. The van der Waals surface area contributed by atoms with Crippen molar-refractivity contribution in [3.05, 3.63) is 57.0 Å². The molecule has 0 spiro atoms. The average Bonchev–Trinajstić information content (AvgIpc) is 2.37. The molecule has 0 aliphatic carbocycles. The number of aromatic nitrogens is 1. The highest BCUT2D eigenvalue weighted by atomic mass is 79.9. The summed E-state index contributed by atoms with van der Waals surface area (Å²) in [5.74, 6) is -0.909. The van der Waals surface area contributed by atoms with Gasteiger partial charge >= 0.3 is 0 Å². The SMILES string of the molecule is Cc1cc(NC(=O)c2cccc(F)c2Br)cnc1Cl. The van der Waals surface area contributed by atoms with Crippen molar-refractivity contribution in [3.63, 3.8) is 0 Å². The predicted octanol–water partition coefficient (Wildman–Crippen LogP) is 4.20. The summed E-state index contributed by atoms with van der Waals surface area (Å²) < 4.78 is 13.5. The summed E-state index contributed by atoms with van der Waals surface area (Å²) in [4.78, 5) is 15.9. The first kappa shape index (κ1) is 14.0. The van der Waals surface area contributed by atoms with E-state index in [4.69, 9.17) is 11.6 Å². The number of carbonyl (C=O) groups is 1. The molecule has 1 amide bonds. The van der Waals surface area contributed by atoms with Crippen LogP contribution in [0.1, 0.15) is 15.9 Å². The third-order valence-corrected chi connectivity index (χ3v) is 3.67. The molecule has 2 rings (SSSR count). The van der Waals surface area contributed by atoms with Gasteiger partial charge in [0, 0.05) is 0 Å². The molecule has 19 heavy (non-hydrogen) atoms. The summed E-state index contributed by atoms with van der Waals surface area (Å²) in [6.45, 7) is 1.78. The molecule has 0 aliphatic heterocycles. The van der Waals surface area contributed by atoms with Gasteiger partial charge in [-0.15, -0.1) is 0 Å². The summed E-state index contributed by atoms with van der Waals surface area (Å²) in [5, 5.41) is 3.02. The van der Waals surface area contributed by atoms with Crippen molar-refractivity contribution in [1.29, 1.82) is 0 Å². The Labute approximate surface area is 122 Å². The Morgan fingerprint density at radius 2 is 2.21 bits per heavy atom. The molecule has 1 N–H and O–H groups in total. The van der Waals surface area contributed by atoms with E-state index in [1.54, 1.807) is 13.0 Å². The van der Waals surface area contributed by atoms with E-state index in [2.05, 4.69) is 26.2 Å². The maximum Gasteiger partial charge on any atom is 0.256 e. The van der Waals surface area contributed by atoms with E-state index in [1.807, 2.05) is 0 Å².